The van der Waals surface area contributed by atoms with Crippen molar-refractivity contribution in [3.63, 3.8) is 0 Å². The molecule has 0 atom stereocenters. The Bertz CT molecular complexity index is 811. The van der Waals surface area contributed by atoms with E-state index >= 15 is 0 Å². The number of carbonyl (C=O) groups excluding carboxylic acids is 3. The summed E-state index contributed by atoms with van der Waals surface area (Å²) in [5.41, 5.74) is 2.77. The molecule has 0 bridgehead atoms. The van der Waals surface area contributed by atoms with Gasteiger partial charge in [-0.15, -0.1) is 11.8 Å². The second-order valence-electron chi connectivity index (χ2n) is 6.31. The van der Waals surface area contributed by atoms with Gasteiger partial charge >= 0.3 is 5.97 Å². The van der Waals surface area contributed by atoms with Gasteiger partial charge in [-0.05, 0) is 30.2 Å². The summed E-state index contributed by atoms with van der Waals surface area (Å²) in [5, 5.41) is 2.77. The summed E-state index contributed by atoms with van der Waals surface area (Å²) >= 11 is 1.14. The first kappa shape index (κ1) is 21.5. The first-order chi connectivity index (χ1) is 13.4. The Morgan fingerprint density at radius 3 is 2.50 bits per heavy atom. The zero-order chi connectivity index (χ0) is 20.4. The number of hydrogen-bond acceptors (Lipinski definition) is 5. The van der Waals surface area contributed by atoms with E-state index in [4.69, 9.17) is 4.74 Å². The molecule has 0 fully saturated rings. The fourth-order valence-electron chi connectivity index (χ4n) is 2.39. The van der Waals surface area contributed by atoms with Gasteiger partial charge in [-0.25, -0.2) is 0 Å². The zero-order valence-corrected chi connectivity index (χ0v) is 16.8. The van der Waals surface area contributed by atoms with Crippen molar-refractivity contribution in [1.82, 2.24) is 4.90 Å². The van der Waals surface area contributed by atoms with Gasteiger partial charge in [-0.2, -0.15) is 0 Å². The molecule has 6 nitrogen and oxygen atoms in total. The van der Waals surface area contributed by atoms with E-state index in [0.29, 0.717) is 6.54 Å². The maximum absolute atomic E-state index is 12.0. The number of likely N-dealkylation sites (N-methyl/N-ethyl adjacent to an activating group) is 1. The van der Waals surface area contributed by atoms with Crippen molar-refractivity contribution in [2.45, 2.75) is 13.5 Å². The van der Waals surface area contributed by atoms with E-state index in [0.717, 1.165) is 28.6 Å². The number of hydrogen-bond donors (Lipinski definition) is 1. The topological polar surface area (TPSA) is 75.7 Å². The molecule has 0 unspecified atom stereocenters. The number of rotatable bonds is 9. The van der Waals surface area contributed by atoms with Crippen LogP contribution in [0.2, 0.25) is 0 Å². The Kier molecular flexibility index (Phi) is 8.55. The maximum atomic E-state index is 12.0. The molecule has 0 radical (unpaired) electrons. The standard InChI is InChI=1S/C21H24N2O4S/c1-16-7-6-10-18(11-16)22-19(24)14-28-15-21(26)27-13-20(25)23(2)12-17-8-4-3-5-9-17/h3-11H,12-15H2,1-2H3,(H,22,24). The monoisotopic (exact) mass is 400 g/mol. The lowest BCUT2D eigenvalue weighted by Gasteiger charge is -2.17. The number of nitrogens with zero attached hydrogens (tertiary/aromatic N) is 1. The fraction of sp³-hybridized carbons (Fsp3) is 0.286. The number of benzene rings is 2. The highest BCUT2D eigenvalue weighted by Crippen LogP contribution is 2.11. The normalized spacial score (nSPS) is 10.2. The molecule has 0 saturated carbocycles. The Labute approximate surface area is 169 Å². The molecule has 148 valence electrons. The molecule has 2 amide bonds. The summed E-state index contributed by atoms with van der Waals surface area (Å²) in [5.74, 6) is -0.849. The number of nitrogens with one attached hydrogen (secondary N) is 1. The summed E-state index contributed by atoms with van der Waals surface area (Å²) in [6.07, 6.45) is 0. The minimum absolute atomic E-state index is 0.0108. The van der Waals surface area contributed by atoms with Gasteiger partial charge in [-0.1, -0.05) is 42.5 Å². The molecule has 0 saturated heterocycles. The molecular formula is C21H24N2O4S. The van der Waals surface area contributed by atoms with Crippen molar-refractivity contribution in [3.05, 3.63) is 65.7 Å². The van der Waals surface area contributed by atoms with Gasteiger partial charge in [-0.3, -0.25) is 14.4 Å². The van der Waals surface area contributed by atoms with Crippen molar-refractivity contribution in [1.29, 1.82) is 0 Å². The van der Waals surface area contributed by atoms with Gasteiger partial charge in [0.2, 0.25) is 5.91 Å². The quantitative estimate of drug-likeness (QED) is 0.655. The lowest BCUT2D eigenvalue weighted by atomic mass is 10.2. The number of esters is 1. The molecular weight excluding hydrogens is 376 g/mol. The van der Waals surface area contributed by atoms with Crippen LogP contribution in [0.3, 0.4) is 0 Å². The molecule has 0 aromatic heterocycles. The predicted octanol–water partition coefficient (Wildman–Crippen LogP) is 2.87. The predicted molar refractivity (Wildman–Crippen MR) is 111 cm³/mol. The molecule has 0 aliphatic heterocycles. The number of carbonyl (C=O) groups is 3. The fourth-order valence-corrected chi connectivity index (χ4v) is 3.00. The average Bonchev–Trinajstić information content (AvgIpc) is 2.67. The summed E-state index contributed by atoms with van der Waals surface area (Å²) in [6, 6.07) is 17.0. The van der Waals surface area contributed by atoms with Crippen molar-refractivity contribution in [3.8, 4) is 0 Å². The SMILES string of the molecule is Cc1cccc(NC(=O)CSCC(=O)OCC(=O)N(C)Cc2ccccc2)c1. The van der Waals surface area contributed by atoms with Crippen LogP contribution in [0.5, 0.6) is 0 Å². The van der Waals surface area contributed by atoms with Gasteiger partial charge < -0.3 is 15.0 Å². The van der Waals surface area contributed by atoms with E-state index in [9.17, 15) is 14.4 Å². The Morgan fingerprint density at radius 2 is 1.79 bits per heavy atom. The first-order valence-corrected chi connectivity index (χ1v) is 9.97. The second-order valence-corrected chi connectivity index (χ2v) is 7.29. The van der Waals surface area contributed by atoms with Crippen LogP contribution in [0.25, 0.3) is 0 Å². The van der Waals surface area contributed by atoms with Crippen LogP contribution in [0.4, 0.5) is 5.69 Å². The Morgan fingerprint density at radius 1 is 1.04 bits per heavy atom. The molecule has 0 aliphatic carbocycles. The van der Waals surface area contributed by atoms with Gasteiger partial charge in [0, 0.05) is 19.3 Å². The van der Waals surface area contributed by atoms with Crippen LogP contribution in [0.1, 0.15) is 11.1 Å². The zero-order valence-electron chi connectivity index (χ0n) is 16.0. The van der Waals surface area contributed by atoms with E-state index in [1.165, 1.54) is 4.90 Å². The lowest BCUT2D eigenvalue weighted by molar-refractivity contribution is -0.149. The van der Waals surface area contributed by atoms with Gasteiger partial charge in [0.25, 0.3) is 5.91 Å². The van der Waals surface area contributed by atoms with Gasteiger partial charge in [0.05, 0.1) is 11.5 Å². The van der Waals surface area contributed by atoms with Crippen LogP contribution in [-0.2, 0) is 25.7 Å². The minimum atomic E-state index is -0.519. The Hall–Kier alpha value is -2.80. The first-order valence-electron chi connectivity index (χ1n) is 8.82. The molecule has 2 aromatic rings. The second kappa shape index (κ2) is 11.1. The Balaban J connectivity index is 1.62. The minimum Gasteiger partial charge on any atom is -0.455 e. The number of amides is 2. The highest BCUT2D eigenvalue weighted by molar-refractivity contribution is 8.00. The van der Waals surface area contributed by atoms with E-state index in [2.05, 4.69) is 5.32 Å². The highest BCUT2D eigenvalue weighted by atomic mass is 32.2. The largest absolute Gasteiger partial charge is 0.455 e. The molecule has 1 N–H and O–H groups in total. The number of thioether (sulfide) groups is 1. The summed E-state index contributed by atoms with van der Waals surface area (Å²) in [4.78, 5) is 37.2. The third kappa shape index (κ3) is 7.84. The number of anilines is 1. The smallest absolute Gasteiger partial charge is 0.316 e. The van der Waals surface area contributed by atoms with E-state index < -0.39 is 5.97 Å². The van der Waals surface area contributed by atoms with Gasteiger partial charge in [0.15, 0.2) is 6.61 Å². The van der Waals surface area contributed by atoms with E-state index in [1.807, 2.05) is 55.5 Å². The van der Waals surface area contributed by atoms with Crippen LogP contribution in [0, 0.1) is 6.92 Å². The number of ether oxygens (including phenoxy) is 1. The lowest BCUT2D eigenvalue weighted by Crippen LogP contribution is -2.31. The third-order valence-corrected chi connectivity index (χ3v) is 4.71. The third-order valence-electron chi connectivity index (χ3n) is 3.80. The molecule has 28 heavy (non-hydrogen) atoms. The maximum Gasteiger partial charge on any atom is 0.316 e. The molecule has 2 aromatic carbocycles. The highest BCUT2D eigenvalue weighted by Gasteiger charge is 2.13. The van der Waals surface area contributed by atoms with E-state index in [1.54, 1.807) is 13.1 Å². The summed E-state index contributed by atoms with van der Waals surface area (Å²) < 4.78 is 5.00. The molecule has 7 heteroatoms. The van der Waals surface area contributed by atoms with Crippen molar-refractivity contribution in [2.75, 3.05) is 30.5 Å². The summed E-state index contributed by atoms with van der Waals surface area (Å²) in [6.45, 7) is 2.09. The number of aryl methyl sites for hydroxylation is 1. The van der Waals surface area contributed by atoms with Crippen LogP contribution in [-0.4, -0.2) is 47.8 Å². The van der Waals surface area contributed by atoms with Crippen molar-refractivity contribution >= 4 is 35.2 Å². The van der Waals surface area contributed by atoms with Crippen LogP contribution >= 0.6 is 11.8 Å². The van der Waals surface area contributed by atoms with E-state index in [-0.39, 0.29) is 29.9 Å². The van der Waals surface area contributed by atoms with Crippen molar-refractivity contribution in [2.24, 2.45) is 0 Å². The molecule has 0 aliphatic rings. The van der Waals surface area contributed by atoms with Gasteiger partial charge in [0.1, 0.15) is 0 Å². The van der Waals surface area contributed by atoms with Crippen molar-refractivity contribution < 1.29 is 19.1 Å². The molecule has 0 spiro atoms. The average molecular weight is 401 g/mol. The van der Waals surface area contributed by atoms with Crippen LogP contribution < -0.4 is 5.32 Å². The van der Waals surface area contributed by atoms with Crippen LogP contribution in [0.15, 0.2) is 54.6 Å². The summed E-state index contributed by atoms with van der Waals surface area (Å²) in [7, 11) is 1.66. The molecule has 0 heterocycles. The molecule has 2 rings (SSSR count).